The zero-order valence-corrected chi connectivity index (χ0v) is 20.2. The van der Waals surface area contributed by atoms with Crippen molar-refractivity contribution < 1.29 is 14.7 Å². The molecular formula is C25H33ClN4O3. The Kier molecular flexibility index (Phi) is 6.12. The van der Waals surface area contributed by atoms with E-state index in [4.69, 9.17) is 11.6 Å². The van der Waals surface area contributed by atoms with Gasteiger partial charge in [0.15, 0.2) is 5.69 Å². The molecule has 0 aromatic carbocycles. The van der Waals surface area contributed by atoms with E-state index in [0.717, 1.165) is 36.9 Å². The highest BCUT2D eigenvalue weighted by Crippen LogP contribution is 2.42. The molecule has 2 aliphatic carbocycles. The lowest BCUT2D eigenvalue weighted by molar-refractivity contribution is -0.136. The number of nitrogens with zero attached hydrogens (tertiary/aromatic N) is 4. The number of halogens is 1. The van der Waals surface area contributed by atoms with Gasteiger partial charge in [-0.05, 0) is 67.4 Å². The first-order valence-corrected chi connectivity index (χ1v) is 12.7. The van der Waals surface area contributed by atoms with Crippen molar-refractivity contribution in [1.82, 2.24) is 19.2 Å². The highest BCUT2D eigenvalue weighted by Gasteiger charge is 2.33. The van der Waals surface area contributed by atoms with Crippen molar-refractivity contribution in [2.75, 3.05) is 26.2 Å². The summed E-state index contributed by atoms with van der Waals surface area (Å²) in [6.07, 6.45) is 7.73. The molecule has 2 aromatic heterocycles. The van der Waals surface area contributed by atoms with Crippen LogP contribution in [0, 0.1) is 5.92 Å². The average Bonchev–Trinajstić information content (AvgIpc) is 3.59. The largest absolute Gasteiger partial charge is 0.393 e. The molecule has 3 heterocycles. The molecule has 1 saturated heterocycles. The van der Waals surface area contributed by atoms with E-state index in [-0.39, 0.29) is 36.1 Å². The van der Waals surface area contributed by atoms with Crippen molar-refractivity contribution in [2.24, 2.45) is 5.92 Å². The van der Waals surface area contributed by atoms with Gasteiger partial charge in [0.1, 0.15) is 17.3 Å². The van der Waals surface area contributed by atoms with Crippen molar-refractivity contribution >= 4 is 29.1 Å². The highest BCUT2D eigenvalue weighted by atomic mass is 35.5. The molecule has 0 atom stereocenters. The van der Waals surface area contributed by atoms with E-state index < -0.39 is 0 Å². The number of carbonyl (C=O) groups is 2. The Bertz CT molecular complexity index is 1070. The zero-order valence-electron chi connectivity index (χ0n) is 19.5. The van der Waals surface area contributed by atoms with Crippen LogP contribution in [0.3, 0.4) is 0 Å². The van der Waals surface area contributed by atoms with Crippen LogP contribution in [-0.2, 0) is 4.79 Å². The monoisotopic (exact) mass is 472 g/mol. The van der Waals surface area contributed by atoms with Crippen LogP contribution in [0.15, 0.2) is 12.3 Å². The number of imidazole rings is 1. The lowest BCUT2D eigenvalue weighted by Crippen LogP contribution is -2.53. The van der Waals surface area contributed by atoms with Crippen molar-refractivity contribution in [3.63, 3.8) is 0 Å². The molecular weight excluding hydrogens is 440 g/mol. The van der Waals surface area contributed by atoms with E-state index in [1.165, 1.54) is 18.4 Å². The van der Waals surface area contributed by atoms with Gasteiger partial charge < -0.3 is 14.9 Å². The van der Waals surface area contributed by atoms with Crippen LogP contribution in [0.4, 0.5) is 0 Å². The second-order valence-electron chi connectivity index (χ2n) is 10.3. The van der Waals surface area contributed by atoms with Gasteiger partial charge >= 0.3 is 0 Å². The summed E-state index contributed by atoms with van der Waals surface area (Å²) < 4.78 is 1.85. The number of aromatic nitrogens is 2. The first-order valence-electron chi connectivity index (χ1n) is 12.3. The Morgan fingerprint density at radius 3 is 2.55 bits per heavy atom. The number of fused-ring (bicyclic) bond motifs is 1. The van der Waals surface area contributed by atoms with E-state index in [0.29, 0.717) is 36.6 Å². The van der Waals surface area contributed by atoms with Crippen molar-refractivity contribution in [3.05, 3.63) is 34.2 Å². The van der Waals surface area contributed by atoms with Crippen LogP contribution in [0.2, 0.25) is 5.15 Å². The Morgan fingerprint density at radius 1 is 1.18 bits per heavy atom. The maximum atomic E-state index is 13.3. The van der Waals surface area contributed by atoms with Gasteiger partial charge in [0.05, 0.1) is 6.10 Å². The SMILES string of the molecule is CC(C)c1cc(C2CC2)cn2c(Cl)c(C(=O)N3CCN(CC4CCC(O)CC4)C(=O)C3)nc12. The van der Waals surface area contributed by atoms with Crippen LogP contribution < -0.4 is 0 Å². The average molecular weight is 473 g/mol. The molecule has 1 aliphatic heterocycles. The normalized spacial score (nSPS) is 24.2. The molecule has 5 rings (SSSR count). The fourth-order valence-electron chi connectivity index (χ4n) is 5.23. The summed E-state index contributed by atoms with van der Waals surface area (Å²) >= 11 is 6.69. The first-order chi connectivity index (χ1) is 15.8. The number of hydrogen-bond acceptors (Lipinski definition) is 4. The fraction of sp³-hybridized carbons (Fsp3) is 0.640. The number of pyridine rings is 1. The van der Waals surface area contributed by atoms with E-state index in [2.05, 4.69) is 24.9 Å². The van der Waals surface area contributed by atoms with E-state index in [1.807, 2.05) is 15.5 Å². The Morgan fingerprint density at radius 2 is 1.91 bits per heavy atom. The van der Waals surface area contributed by atoms with Crippen molar-refractivity contribution in [3.8, 4) is 0 Å². The molecule has 3 fully saturated rings. The smallest absolute Gasteiger partial charge is 0.276 e. The van der Waals surface area contributed by atoms with Crippen LogP contribution >= 0.6 is 11.6 Å². The van der Waals surface area contributed by atoms with Gasteiger partial charge in [-0.1, -0.05) is 31.5 Å². The second-order valence-corrected chi connectivity index (χ2v) is 10.7. The standard InChI is InChI=1S/C25H33ClN4O3/c1-15(2)20-11-18(17-5-6-17)13-30-23(26)22(27-24(20)30)25(33)29-10-9-28(21(32)14-29)12-16-3-7-19(31)8-4-16/h11,13,15-17,19,31H,3-10,12,14H2,1-2H3. The molecule has 33 heavy (non-hydrogen) atoms. The quantitative estimate of drug-likeness (QED) is 0.717. The number of aliphatic hydroxyl groups excluding tert-OH is 1. The highest BCUT2D eigenvalue weighted by molar-refractivity contribution is 6.33. The molecule has 0 spiro atoms. The molecule has 0 unspecified atom stereocenters. The summed E-state index contributed by atoms with van der Waals surface area (Å²) in [7, 11) is 0. The van der Waals surface area contributed by atoms with Crippen LogP contribution in [0.5, 0.6) is 0 Å². The number of piperazine rings is 1. The summed E-state index contributed by atoms with van der Waals surface area (Å²) in [5.41, 5.74) is 3.31. The predicted molar refractivity (Wildman–Crippen MR) is 127 cm³/mol. The Labute approximate surface area is 199 Å². The minimum absolute atomic E-state index is 0.0282. The molecule has 1 N–H and O–H groups in total. The number of amides is 2. The summed E-state index contributed by atoms with van der Waals surface area (Å²) in [4.78, 5) is 34.3. The van der Waals surface area contributed by atoms with Gasteiger partial charge in [-0.2, -0.15) is 0 Å². The molecule has 0 bridgehead atoms. The molecule has 3 aliphatic rings. The topological polar surface area (TPSA) is 78.1 Å². The number of carbonyl (C=O) groups excluding carboxylic acids is 2. The fourth-order valence-corrected chi connectivity index (χ4v) is 5.48. The van der Waals surface area contributed by atoms with Crippen LogP contribution in [-0.4, -0.2) is 68.4 Å². The number of aliphatic hydroxyl groups is 1. The molecule has 2 aromatic rings. The van der Waals surface area contributed by atoms with Crippen LogP contribution in [0.25, 0.3) is 5.65 Å². The third kappa shape index (κ3) is 4.50. The van der Waals surface area contributed by atoms with E-state index in [1.54, 1.807) is 4.90 Å². The van der Waals surface area contributed by atoms with Crippen LogP contribution in [0.1, 0.15) is 85.8 Å². The van der Waals surface area contributed by atoms with E-state index in [9.17, 15) is 14.7 Å². The third-order valence-electron chi connectivity index (χ3n) is 7.49. The molecule has 7 nitrogen and oxygen atoms in total. The van der Waals surface area contributed by atoms with Crippen molar-refractivity contribution in [1.29, 1.82) is 0 Å². The second kappa shape index (κ2) is 8.91. The lowest BCUT2D eigenvalue weighted by atomic mass is 9.87. The molecule has 178 valence electrons. The van der Waals surface area contributed by atoms with Gasteiger partial charge in [-0.25, -0.2) is 4.98 Å². The first kappa shape index (κ1) is 22.7. The molecule has 8 heteroatoms. The van der Waals surface area contributed by atoms with E-state index >= 15 is 0 Å². The van der Waals surface area contributed by atoms with Gasteiger partial charge in [-0.3, -0.25) is 14.0 Å². The maximum Gasteiger partial charge on any atom is 0.276 e. The minimum Gasteiger partial charge on any atom is -0.393 e. The minimum atomic E-state index is -0.278. The molecule has 2 saturated carbocycles. The van der Waals surface area contributed by atoms with Gasteiger partial charge in [0, 0.05) is 25.8 Å². The summed E-state index contributed by atoms with van der Waals surface area (Å²) in [6, 6.07) is 2.21. The summed E-state index contributed by atoms with van der Waals surface area (Å²) in [5, 5.41) is 10.0. The number of hydrogen-bond donors (Lipinski definition) is 1. The maximum absolute atomic E-state index is 13.3. The lowest BCUT2D eigenvalue weighted by Gasteiger charge is -2.37. The number of rotatable bonds is 5. The van der Waals surface area contributed by atoms with Gasteiger partial charge in [0.2, 0.25) is 5.91 Å². The van der Waals surface area contributed by atoms with Gasteiger partial charge in [0.25, 0.3) is 5.91 Å². The van der Waals surface area contributed by atoms with Gasteiger partial charge in [-0.15, -0.1) is 0 Å². The van der Waals surface area contributed by atoms with Crippen molar-refractivity contribution in [2.45, 2.75) is 70.3 Å². The Balaban J connectivity index is 1.32. The summed E-state index contributed by atoms with van der Waals surface area (Å²) in [6.45, 7) is 6.03. The molecule has 0 radical (unpaired) electrons. The molecule has 2 amide bonds. The zero-order chi connectivity index (χ0) is 23.3. The third-order valence-corrected chi connectivity index (χ3v) is 7.85. The summed E-state index contributed by atoms with van der Waals surface area (Å²) in [5.74, 6) is 0.962. The Hall–Kier alpha value is -2.12. The predicted octanol–water partition coefficient (Wildman–Crippen LogP) is 3.82.